The van der Waals surface area contributed by atoms with E-state index in [1.807, 2.05) is 19.1 Å². The van der Waals surface area contributed by atoms with Gasteiger partial charge < -0.3 is 14.6 Å². The fourth-order valence-electron chi connectivity index (χ4n) is 1.77. The Morgan fingerprint density at radius 3 is 2.81 bits per heavy atom. The summed E-state index contributed by atoms with van der Waals surface area (Å²) in [5.74, 6) is 0. The van der Waals surface area contributed by atoms with Gasteiger partial charge in [-0.15, -0.1) is 0 Å². The van der Waals surface area contributed by atoms with E-state index in [1.54, 1.807) is 6.07 Å². The number of hydrogen-bond acceptors (Lipinski definition) is 3. The Balaban J connectivity index is 2.07. The average Bonchev–Trinajstić information content (AvgIpc) is 2.74. The van der Waals surface area contributed by atoms with Crippen molar-refractivity contribution in [1.82, 2.24) is 0 Å². The summed E-state index contributed by atoms with van der Waals surface area (Å²) < 4.78 is 10.6. The lowest BCUT2D eigenvalue weighted by molar-refractivity contribution is -0.0707. The molecule has 16 heavy (non-hydrogen) atoms. The first-order valence-electron chi connectivity index (χ1n) is 5.34. The topological polar surface area (TPSA) is 38.7 Å². The van der Waals surface area contributed by atoms with E-state index in [0.717, 1.165) is 11.1 Å². The van der Waals surface area contributed by atoms with Crippen LogP contribution in [-0.2, 0) is 9.47 Å². The molecule has 0 radical (unpaired) electrons. The molecule has 1 saturated heterocycles. The van der Waals surface area contributed by atoms with Gasteiger partial charge in [-0.3, -0.25) is 0 Å². The molecule has 0 saturated carbocycles. The zero-order valence-electron chi connectivity index (χ0n) is 9.15. The Hall–Kier alpha value is -0.610. The van der Waals surface area contributed by atoms with Crippen LogP contribution in [0.4, 0.5) is 0 Å². The standard InChI is InChI=1S/C12H15ClO3/c1-8-2-3-10(13)9(6-8)11(14)7-12-15-4-5-16-12/h2-3,6,11-12,14H,4-5,7H2,1H3. The number of rotatable bonds is 3. The van der Waals surface area contributed by atoms with Crippen LogP contribution >= 0.6 is 11.6 Å². The zero-order valence-corrected chi connectivity index (χ0v) is 9.91. The molecular formula is C12H15ClO3. The first-order valence-corrected chi connectivity index (χ1v) is 5.72. The van der Waals surface area contributed by atoms with Crippen LogP contribution in [0.1, 0.15) is 23.7 Å². The second kappa shape index (κ2) is 5.15. The smallest absolute Gasteiger partial charge is 0.160 e. The molecule has 88 valence electrons. The molecule has 1 N–H and O–H groups in total. The molecule has 4 heteroatoms. The molecule has 0 spiro atoms. The van der Waals surface area contributed by atoms with Gasteiger partial charge in [-0.2, -0.15) is 0 Å². The summed E-state index contributed by atoms with van der Waals surface area (Å²) in [6.07, 6.45) is -0.537. The largest absolute Gasteiger partial charge is 0.388 e. The van der Waals surface area contributed by atoms with Gasteiger partial charge in [-0.05, 0) is 18.6 Å². The maximum absolute atomic E-state index is 10.0. The van der Waals surface area contributed by atoms with Gasteiger partial charge in [0.15, 0.2) is 6.29 Å². The lowest BCUT2D eigenvalue weighted by Gasteiger charge is -2.16. The van der Waals surface area contributed by atoms with Crippen molar-refractivity contribution in [2.75, 3.05) is 13.2 Å². The highest BCUT2D eigenvalue weighted by molar-refractivity contribution is 6.31. The van der Waals surface area contributed by atoms with Crippen LogP contribution in [0.3, 0.4) is 0 Å². The van der Waals surface area contributed by atoms with Gasteiger partial charge in [0.25, 0.3) is 0 Å². The van der Waals surface area contributed by atoms with E-state index in [0.29, 0.717) is 24.7 Å². The zero-order chi connectivity index (χ0) is 11.5. The molecular weight excluding hydrogens is 228 g/mol. The predicted octanol–water partition coefficient (Wildman–Crippen LogP) is 2.44. The molecule has 0 bridgehead atoms. The van der Waals surface area contributed by atoms with Gasteiger partial charge in [0.1, 0.15) is 0 Å². The minimum Gasteiger partial charge on any atom is -0.388 e. The van der Waals surface area contributed by atoms with Crippen LogP contribution in [0.25, 0.3) is 0 Å². The Bertz CT molecular complexity index is 361. The molecule has 1 atom stereocenters. The lowest BCUT2D eigenvalue weighted by atomic mass is 10.0. The molecule has 1 aromatic rings. The fraction of sp³-hybridized carbons (Fsp3) is 0.500. The lowest BCUT2D eigenvalue weighted by Crippen LogP contribution is -2.13. The maximum atomic E-state index is 10.0. The third-order valence-electron chi connectivity index (χ3n) is 2.62. The Morgan fingerprint density at radius 1 is 1.44 bits per heavy atom. The Labute approximate surface area is 99.9 Å². The molecule has 1 aliphatic heterocycles. The van der Waals surface area contributed by atoms with Crippen LogP contribution in [0.2, 0.25) is 5.02 Å². The number of aryl methyl sites for hydroxylation is 1. The number of aliphatic hydroxyl groups excluding tert-OH is 1. The van der Waals surface area contributed by atoms with E-state index < -0.39 is 6.10 Å². The van der Waals surface area contributed by atoms with E-state index in [9.17, 15) is 5.11 Å². The molecule has 1 heterocycles. The summed E-state index contributed by atoms with van der Waals surface area (Å²) in [6, 6.07) is 5.61. The van der Waals surface area contributed by atoms with Crippen LogP contribution in [0, 0.1) is 6.92 Å². The summed E-state index contributed by atoms with van der Waals surface area (Å²) in [5.41, 5.74) is 1.81. The van der Waals surface area contributed by atoms with Gasteiger partial charge in [0.05, 0.1) is 19.3 Å². The number of halogens is 1. The van der Waals surface area contributed by atoms with E-state index in [1.165, 1.54) is 0 Å². The highest BCUT2D eigenvalue weighted by Gasteiger charge is 2.22. The fourth-order valence-corrected chi connectivity index (χ4v) is 2.01. The molecule has 0 amide bonds. The van der Waals surface area contributed by atoms with Gasteiger partial charge in [0.2, 0.25) is 0 Å². The number of hydrogen-bond donors (Lipinski definition) is 1. The third kappa shape index (κ3) is 2.74. The van der Waals surface area contributed by atoms with Crippen LogP contribution < -0.4 is 0 Å². The third-order valence-corrected chi connectivity index (χ3v) is 2.96. The number of aliphatic hydroxyl groups is 1. The second-order valence-electron chi connectivity index (χ2n) is 3.95. The molecule has 0 aliphatic carbocycles. The normalized spacial score (nSPS) is 18.9. The minimum absolute atomic E-state index is 0.313. The highest BCUT2D eigenvalue weighted by Crippen LogP contribution is 2.28. The molecule has 2 rings (SSSR count). The molecule has 3 nitrogen and oxygen atoms in total. The number of benzene rings is 1. The van der Waals surface area contributed by atoms with Crippen molar-refractivity contribution >= 4 is 11.6 Å². The first-order chi connectivity index (χ1) is 7.66. The molecule has 1 aliphatic rings. The summed E-state index contributed by atoms with van der Waals surface area (Å²) >= 11 is 6.03. The number of ether oxygens (including phenoxy) is 2. The molecule has 1 aromatic carbocycles. The van der Waals surface area contributed by atoms with E-state index in [-0.39, 0.29) is 6.29 Å². The summed E-state index contributed by atoms with van der Waals surface area (Å²) in [5, 5.41) is 10.6. The van der Waals surface area contributed by atoms with Crippen LogP contribution in [0.5, 0.6) is 0 Å². The summed E-state index contributed by atoms with van der Waals surface area (Å²) in [6.45, 7) is 3.16. The van der Waals surface area contributed by atoms with Crippen LogP contribution in [0.15, 0.2) is 18.2 Å². The minimum atomic E-state index is -0.643. The van der Waals surface area contributed by atoms with Gasteiger partial charge in [-0.25, -0.2) is 0 Å². The van der Waals surface area contributed by atoms with Gasteiger partial charge in [-0.1, -0.05) is 29.3 Å². The van der Waals surface area contributed by atoms with E-state index in [4.69, 9.17) is 21.1 Å². The van der Waals surface area contributed by atoms with Gasteiger partial charge >= 0.3 is 0 Å². The summed E-state index contributed by atoms with van der Waals surface area (Å²) in [4.78, 5) is 0. The van der Waals surface area contributed by atoms with E-state index in [2.05, 4.69) is 0 Å². The van der Waals surface area contributed by atoms with Crippen molar-refractivity contribution in [2.45, 2.75) is 25.7 Å². The van der Waals surface area contributed by atoms with Crippen molar-refractivity contribution in [3.05, 3.63) is 34.3 Å². The molecule has 1 fully saturated rings. The van der Waals surface area contributed by atoms with E-state index >= 15 is 0 Å². The average molecular weight is 243 g/mol. The van der Waals surface area contributed by atoms with Crippen molar-refractivity contribution in [2.24, 2.45) is 0 Å². The quantitative estimate of drug-likeness (QED) is 0.885. The maximum Gasteiger partial charge on any atom is 0.160 e. The van der Waals surface area contributed by atoms with Crippen LogP contribution in [-0.4, -0.2) is 24.6 Å². The van der Waals surface area contributed by atoms with Crippen molar-refractivity contribution in [3.63, 3.8) is 0 Å². The predicted molar refractivity (Wildman–Crippen MR) is 61.5 cm³/mol. The molecule has 1 unspecified atom stereocenters. The Kier molecular flexibility index (Phi) is 3.82. The van der Waals surface area contributed by atoms with Crippen molar-refractivity contribution < 1.29 is 14.6 Å². The second-order valence-corrected chi connectivity index (χ2v) is 4.35. The SMILES string of the molecule is Cc1ccc(Cl)c(C(O)CC2OCCO2)c1. The van der Waals surface area contributed by atoms with Crippen molar-refractivity contribution in [3.8, 4) is 0 Å². The van der Waals surface area contributed by atoms with Crippen molar-refractivity contribution in [1.29, 1.82) is 0 Å². The first kappa shape index (κ1) is 11.9. The summed E-state index contributed by atoms with van der Waals surface area (Å²) in [7, 11) is 0. The molecule has 0 aromatic heterocycles. The highest BCUT2D eigenvalue weighted by atomic mass is 35.5. The monoisotopic (exact) mass is 242 g/mol. The Morgan fingerprint density at radius 2 is 2.12 bits per heavy atom. The van der Waals surface area contributed by atoms with Gasteiger partial charge in [0, 0.05) is 11.4 Å².